The van der Waals surface area contributed by atoms with Gasteiger partial charge in [0.2, 0.25) is 10.0 Å². The highest BCUT2D eigenvalue weighted by Gasteiger charge is 2.27. The second kappa shape index (κ2) is 10.8. The smallest absolute Gasteiger partial charge is 0.337 e. The molecule has 0 aliphatic heterocycles. The van der Waals surface area contributed by atoms with E-state index in [-0.39, 0.29) is 39.6 Å². The summed E-state index contributed by atoms with van der Waals surface area (Å²) < 4.78 is 27.4. The predicted octanol–water partition coefficient (Wildman–Crippen LogP) is 3.62. The van der Waals surface area contributed by atoms with Crippen LogP contribution in [0.25, 0.3) is 0 Å². The first-order chi connectivity index (χ1) is 16.5. The third-order valence-electron chi connectivity index (χ3n) is 5.31. The molecule has 1 unspecified atom stereocenters. The third-order valence-corrected chi connectivity index (χ3v) is 8.47. The Bertz CT molecular complexity index is 1390. The SMILES string of the molecule is Cc1sc(C(=O)Nc2ccc(C#N)cc2C(=O)O)cc1S(=O)(=O)N(C)CCC(O)c1ccccc1. The molecule has 1 aromatic heterocycles. The lowest BCUT2D eigenvalue weighted by Crippen LogP contribution is -2.29. The molecule has 1 amide bonds. The molecule has 3 rings (SSSR count). The minimum Gasteiger partial charge on any atom is -0.478 e. The molecule has 11 heteroatoms. The number of hydrogen-bond donors (Lipinski definition) is 3. The number of thiophene rings is 1. The highest BCUT2D eigenvalue weighted by molar-refractivity contribution is 7.89. The number of carboxylic acid groups (broad SMARTS) is 1. The van der Waals surface area contributed by atoms with E-state index in [0.29, 0.717) is 10.4 Å². The zero-order valence-corrected chi connectivity index (χ0v) is 20.6. The van der Waals surface area contributed by atoms with Crippen molar-refractivity contribution in [1.29, 1.82) is 5.26 Å². The van der Waals surface area contributed by atoms with Gasteiger partial charge in [-0.25, -0.2) is 17.5 Å². The summed E-state index contributed by atoms with van der Waals surface area (Å²) in [5.74, 6) is -1.99. The number of aliphatic hydroxyl groups is 1. The molecule has 0 radical (unpaired) electrons. The number of rotatable bonds is 9. The molecule has 9 nitrogen and oxygen atoms in total. The molecule has 1 heterocycles. The monoisotopic (exact) mass is 513 g/mol. The molecule has 0 spiro atoms. The summed E-state index contributed by atoms with van der Waals surface area (Å²) >= 11 is 0.962. The highest BCUT2D eigenvalue weighted by Crippen LogP contribution is 2.29. The van der Waals surface area contributed by atoms with Gasteiger partial charge in [0, 0.05) is 18.5 Å². The third kappa shape index (κ3) is 5.93. The lowest BCUT2D eigenvalue weighted by molar-refractivity contribution is 0.0698. The summed E-state index contributed by atoms with van der Waals surface area (Å²) in [6, 6.07) is 15.8. The van der Waals surface area contributed by atoms with Gasteiger partial charge >= 0.3 is 5.97 Å². The maximum absolute atomic E-state index is 13.1. The number of hydrogen-bond acceptors (Lipinski definition) is 7. The maximum Gasteiger partial charge on any atom is 0.337 e. The number of nitrogens with one attached hydrogen (secondary N) is 1. The number of aliphatic hydroxyl groups excluding tert-OH is 1. The van der Waals surface area contributed by atoms with Crippen molar-refractivity contribution >= 4 is 38.9 Å². The van der Waals surface area contributed by atoms with Crippen LogP contribution in [0.3, 0.4) is 0 Å². The summed E-state index contributed by atoms with van der Waals surface area (Å²) in [4.78, 5) is 24.7. The quantitative estimate of drug-likeness (QED) is 0.396. The molecule has 0 aliphatic carbocycles. The number of carbonyl (C=O) groups excluding carboxylic acids is 1. The number of nitriles is 1. The largest absolute Gasteiger partial charge is 0.478 e. The van der Waals surface area contributed by atoms with Crippen molar-refractivity contribution in [3.05, 3.63) is 81.0 Å². The van der Waals surface area contributed by atoms with E-state index in [0.717, 1.165) is 21.7 Å². The lowest BCUT2D eigenvalue weighted by Gasteiger charge is -2.19. The van der Waals surface area contributed by atoms with E-state index < -0.39 is 28.0 Å². The molecule has 0 saturated heterocycles. The number of aromatic carboxylic acids is 1. The standard InChI is InChI=1S/C24H23N3O6S2/c1-15-22(35(32,33)27(2)11-10-20(28)17-6-4-3-5-7-17)13-21(34-15)23(29)26-19-9-8-16(14-25)12-18(19)24(30)31/h3-9,12-13,20,28H,10-11H2,1-2H3,(H,26,29)(H,30,31). The molecular formula is C24H23N3O6S2. The van der Waals surface area contributed by atoms with Crippen LogP contribution in [0.5, 0.6) is 0 Å². The highest BCUT2D eigenvalue weighted by atomic mass is 32.2. The molecule has 0 saturated carbocycles. The number of benzene rings is 2. The number of amides is 1. The fraction of sp³-hybridized carbons (Fsp3) is 0.208. The van der Waals surface area contributed by atoms with E-state index in [9.17, 15) is 28.2 Å². The minimum atomic E-state index is -3.94. The summed E-state index contributed by atoms with van der Waals surface area (Å²) in [6.07, 6.45) is -0.637. The number of nitrogens with zero attached hydrogens (tertiary/aromatic N) is 2. The van der Waals surface area contributed by atoms with Crippen LogP contribution < -0.4 is 5.32 Å². The number of anilines is 1. The Morgan fingerprint density at radius 2 is 1.86 bits per heavy atom. The van der Waals surface area contributed by atoms with Crippen molar-refractivity contribution in [1.82, 2.24) is 4.31 Å². The van der Waals surface area contributed by atoms with Gasteiger partial charge in [-0.15, -0.1) is 11.3 Å². The summed E-state index contributed by atoms with van der Waals surface area (Å²) in [5, 5.41) is 31.2. The topological polar surface area (TPSA) is 148 Å². The van der Waals surface area contributed by atoms with Crippen LogP contribution in [0.2, 0.25) is 0 Å². The molecule has 35 heavy (non-hydrogen) atoms. The van der Waals surface area contributed by atoms with Crippen LogP contribution in [0.1, 0.15) is 48.6 Å². The van der Waals surface area contributed by atoms with Crippen molar-refractivity contribution in [2.75, 3.05) is 18.9 Å². The van der Waals surface area contributed by atoms with Gasteiger partial charge in [0.1, 0.15) is 0 Å². The normalized spacial score (nSPS) is 12.2. The Labute approximate surface area is 206 Å². The van der Waals surface area contributed by atoms with Gasteiger partial charge in [-0.2, -0.15) is 5.26 Å². The van der Waals surface area contributed by atoms with Crippen molar-refractivity contribution < 1.29 is 28.2 Å². The average molecular weight is 514 g/mol. The number of carbonyl (C=O) groups is 2. The zero-order valence-electron chi connectivity index (χ0n) is 18.9. The van der Waals surface area contributed by atoms with Crippen molar-refractivity contribution in [3.8, 4) is 6.07 Å². The van der Waals surface area contributed by atoms with E-state index in [1.54, 1.807) is 31.2 Å². The number of carboxylic acids is 1. The first-order valence-electron chi connectivity index (χ1n) is 10.4. The molecule has 0 bridgehead atoms. The Kier molecular flexibility index (Phi) is 8.03. The predicted molar refractivity (Wildman–Crippen MR) is 131 cm³/mol. The maximum atomic E-state index is 13.1. The minimum absolute atomic E-state index is 0.0102. The van der Waals surface area contributed by atoms with E-state index in [1.165, 1.54) is 25.2 Å². The van der Waals surface area contributed by atoms with E-state index in [1.807, 2.05) is 12.1 Å². The summed E-state index contributed by atoms with van der Waals surface area (Å²) in [5.41, 5.74) is 0.549. The van der Waals surface area contributed by atoms with E-state index >= 15 is 0 Å². The second-order valence-corrected chi connectivity index (χ2v) is 11.0. The molecule has 2 aromatic carbocycles. The molecule has 3 N–H and O–H groups in total. The lowest BCUT2D eigenvalue weighted by atomic mass is 10.1. The summed E-state index contributed by atoms with van der Waals surface area (Å²) in [6.45, 7) is 1.63. The van der Waals surface area contributed by atoms with Gasteiger partial charge in [-0.1, -0.05) is 30.3 Å². The van der Waals surface area contributed by atoms with Crippen LogP contribution in [-0.4, -0.2) is 48.4 Å². The van der Waals surface area contributed by atoms with Gasteiger partial charge in [0.25, 0.3) is 5.91 Å². The fourth-order valence-electron chi connectivity index (χ4n) is 3.35. The Morgan fingerprint density at radius 1 is 1.17 bits per heavy atom. The van der Waals surface area contributed by atoms with Crippen molar-refractivity contribution in [2.24, 2.45) is 0 Å². The van der Waals surface area contributed by atoms with E-state index in [4.69, 9.17) is 5.26 Å². The summed E-state index contributed by atoms with van der Waals surface area (Å²) in [7, 11) is -2.54. The Hall–Kier alpha value is -3.56. The van der Waals surface area contributed by atoms with Crippen LogP contribution in [-0.2, 0) is 10.0 Å². The molecule has 0 fully saturated rings. The van der Waals surface area contributed by atoms with Crippen LogP contribution in [0, 0.1) is 18.3 Å². The van der Waals surface area contributed by atoms with Crippen molar-refractivity contribution in [3.63, 3.8) is 0 Å². The van der Waals surface area contributed by atoms with Crippen LogP contribution in [0.4, 0.5) is 5.69 Å². The molecule has 3 aromatic rings. The molecule has 0 aliphatic rings. The van der Waals surface area contributed by atoms with Crippen molar-refractivity contribution in [2.45, 2.75) is 24.3 Å². The fourth-order valence-corrected chi connectivity index (χ4v) is 5.99. The molecule has 182 valence electrons. The second-order valence-electron chi connectivity index (χ2n) is 7.70. The van der Waals surface area contributed by atoms with Crippen LogP contribution in [0.15, 0.2) is 59.5 Å². The van der Waals surface area contributed by atoms with Gasteiger partial charge in [-0.3, -0.25) is 4.79 Å². The first-order valence-corrected chi connectivity index (χ1v) is 12.7. The molecular weight excluding hydrogens is 490 g/mol. The number of sulfonamides is 1. The first kappa shape index (κ1) is 26.1. The van der Waals surface area contributed by atoms with Gasteiger partial charge in [0.05, 0.1) is 38.8 Å². The van der Waals surface area contributed by atoms with Crippen LogP contribution >= 0.6 is 11.3 Å². The van der Waals surface area contributed by atoms with E-state index in [2.05, 4.69) is 5.32 Å². The van der Waals surface area contributed by atoms with Gasteiger partial charge < -0.3 is 15.5 Å². The van der Waals surface area contributed by atoms with Gasteiger partial charge in [-0.05, 0) is 43.2 Å². The number of aryl methyl sites for hydroxylation is 1. The Balaban J connectivity index is 1.76. The Morgan fingerprint density at radius 3 is 2.49 bits per heavy atom. The van der Waals surface area contributed by atoms with Gasteiger partial charge in [0.15, 0.2) is 0 Å². The molecule has 1 atom stereocenters. The zero-order chi connectivity index (χ0) is 25.8. The average Bonchev–Trinajstić information content (AvgIpc) is 3.25.